The smallest absolute Gasteiger partial charge is 0.414 e. The Bertz CT molecular complexity index is 1260. The molecule has 13 nitrogen and oxygen atoms in total. The molecule has 4 rings (SSSR count). The highest BCUT2D eigenvalue weighted by Gasteiger charge is 2.34. The molecule has 1 unspecified atom stereocenters. The molecule has 2 aliphatic rings. The second-order valence-corrected chi connectivity index (χ2v) is 9.10. The molecule has 210 valence electrons. The van der Waals surface area contributed by atoms with E-state index in [1.807, 2.05) is 5.32 Å². The van der Waals surface area contributed by atoms with Crippen molar-refractivity contribution in [2.45, 2.75) is 12.5 Å². The number of cyclic esters (lactones) is 1. The Morgan fingerprint density at radius 2 is 1.92 bits per heavy atom. The average molecular weight is 576 g/mol. The maximum atomic E-state index is 15.1. The summed E-state index contributed by atoms with van der Waals surface area (Å²) in [6, 6.07) is 1.20. The third-order valence-corrected chi connectivity index (χ3v) is 6.42. The number of aromatic nitrogens is 1. The van der Waals surface area contributed by atoms with Crippen molar-refractivity contribution in [2.75, 3.05) is 54.4 Å². The Hall–Kier alpha value is -4.19. The van der Waals surface area contributed by atoms with Crippen LogP contribution in [0.4, 0.5) is 43.7 Å². The number of benzene rings is 1. The van der Waals surface area contributed by atoms with Crippen molar-refractivity contribution in [1.82, 2.24) is 20.7 Å². The number of halogens is 4. The number of hydrogen-bond donors (Lipinski definition) is 4. The summed E-state index contributed by atoms with van der Waals surface area (Å²) in [6.07, 6.45) is -5.20. The van der Waals surface area contributed by atoms with Gasteiger partial charge in [-0.3, -0.25) is 20.0 Å². The van der Waals surface area contributed by atoms with Gasteiger partial charge in [0.25, 0.3) is 5.91 Å². The van der Waals surface area contributed by atoms with Gasteiger partial charge in [-0.1, -0.05) is 0 Å². The number of nitrogens with one attached hydrogen (secondary N) is 3. The lowest BCUT2D eigenvalue weighted by molar-refractivity contribution is -0.132. The molecule has 2 aliphatic heterocycles. The van der Waals surface area contributed by atoms with E-state index in [4.69, 9.17) is 9.84 Å². The number of carbonyl (C=O) groups excluding carboxylic acids is 3. The first kappa shape index (κ1) is 27.8. The fourth-order valence-electron chi connectivity index (χ4n) is 3.86. The standard InChI is InChI=1S/C21H21F4N7O6S/c22-12-5-10(31-8-11(38-21(31)37)7-26-17(33)16(24)25)6-13(23)15(12)30-2-1-27-32(4-3-30)20(36)29-19-28-14(9-39-19)18(34)35/h5-6,9,11,16,27H,1-4,7-8H2,(H,26,33)(H,34,35)(H,28,29,36). The van der Waals surface area contributed by atoms with Crippen molar-refractivity contribution < 1.29 is 46.6 Å². The van der Waals surface area contributed by atoms with E-state index in [9.17, 15) is 28.0 Å². The molecule has 3 heterocycles. The topological polar surface area (TPSA) is 156 Å². The van der Waals surface area contributed by atoms with Gasteiger partial charge < -0.3 is 20.1 Å². The Kier molecular flexibility index (Phi) is 8.34. The minimum atomic E-state index is -3.24. The van der Waals surface area contributed by atoms with Crippen LogP contribution in [0.3, 0.4) is 0 Å². The zero-order valence-electron chi connectivity index (χ0n) is 19.8. The van der Waals surface area contributed by atoms with Crippen LogP contribution in [-0.2, 0) is 9.53 Å². The molecule has 0 spiro atoms. The number of urea groups is 1. The molecular formula is C21H21F4N7O6S. The van der Waals surface area contributed by atoms with Crippen molar-refractivity contribution in [3.05, 3.63) is 34.8 Å². The maximum Gasteiger partial charge on any atom is 0.414 e. The van der Waals surface area contributed by atoms with Gasteiger partial charge in [0.2, 0.25) is 0 Å². The number of carboxylic acids is 1. The number of hydrazine groups is 1. The van der Waals surface area contributed by atoms with Crippen molar-refractivity contribution in [1.29, 1.82) is 0 Å². The molecular weight excluding hydrogens is 554 g/mol. The Balaban J connectivity index is 1.38. The van der Waals surface area contributed by atoms with Gasteiger partial charge in [-0.25, -0.2) is 33.6 Å². The predicted octanol–water partition coefficient (Wildman–Crippen LogP) is 1.68. The number of thiazole rings is 1. The van der Waals surface area contributed by atoms with Crippen LogP contribution in [0.25, 0.3) is 0 Å². The first-order valence-corrected chi connectivity index (χ1v) is 12.2. The van der Waals surface area contributed by atoms with Gasteiger partial charge in [-0.2, -0.15) is 8.78 Å². The van der Waals surface area contributed by atoms with E-state index in [0.717, 1.165) is 28.4 Å². The quantitative estimate of drug-likeness (QED) is 0.361. The molecule has 2 saturated heterocycles. The van der Waals surface area contributed by atoms with Gasteiger partial charge in [0.15, 0.2) is 22.5 Å². The predicted molar refractivity (Wildman–Crippen MR) is 128 cm³/mol. The number of aromatic carboxylic acids is 1. The van der Waals surface area contributed by atoms with E-state index >= 15 is 8.78 Å². The summed E-state index contributed by atoms with van der Waals surface area (Å²) in [5.41, 5.74) is 2.03. The summed E-state index contributed by atoms with van der Waals surface area (Å²) in [5, 5.41) is 15.8. The number of carboxylic acid groups (broad SMARTS) is 1. The summed E-state index contributed by atoms with van der Waals surface area (Å²) in [5.74, 6) is -4.77. The fourth-order valence-corrected chi connectivity index (χ4v) is 4.53. The third-order valence-electron chi connectivity index (χ3n) is 5.67. The van der Waals surface area contributed by atoms with Crippen molar-refractivity contribution in [3.63, 3.8) is 0 Å². The lowest BCUT2D eigenvalue weighted by Crippen LogP contribution is -2.46. The fraction of sp³-hybridized carbons (Fsp3) is 0.381. The second kappa shape index (κ2) is 11.7. The summed E-state index contributed by atoms with van der Waals surface area (Å²) in [7, 11) is 0. The van der Waals surface area contributed by atoms with Gasteiger partial charge >= 0.3 is 24.5 Å². The molecule has 1 aromatic heterocycles. The average Bonchev–Trinajstić information content (AvgIpc) is 3.41. The largest absolute Gasteiger partial charge is 0.476 e. The number of rotatable bonds is 7. The second-order valence-electron chi connectivity index (χ2n) is 8.24. The SMILES string of the molecule is O=C(O)c1csc(NC(=O)N2CCN(c3c(F)cc(N4CC(CNC(=O)C(F)F)OC4=O)cc3F)CCN2)n1. The van der Waals surface area contributed by atoms with Gasteiger partial charge in [-0.05, 0) is 0 Å². The summed E-state index contributed by atoms with van der Waals surface area (Å²) < 4.78 is 59.8. The van der Waals surface area contributed by atoms with Gasteiger partial charge in [0, 0.05) is 37.1 Å². The van der Waals surface area contributed by atoms with E-state index in [1.165, 1.54) is 15.3 Å². The van der Waals surface area contributed by atoms with Gasteiger partial charge in [0.05, 0.1) is 25.3 Å². The van der Waals surface area contributed by atoms with Crippen LogP contribution in [0.15, 0.2) is 17.5 Å². The molecule has 18 heteroatoms. The first-order valence-electron chi connectivity index (χ1n) is 11.3. The Morgan fingerprint density at radius 1 is 1.21 bits per heavy atom. The van der Waals surface area contributed by atoms with Crippen LogP contribution in [0.1, 0.15) is 10.5 Å². The van der Waals surface area contributed by atoms with Crippen LogP contribution in [-0.4, -0.2) is 90.9 Å². The molecule has 1 aromatic carbocycles. The Morgan fingerprint density at radius 3 is 2.56 bits per heavy atom. The van der Waals surface area contributed by atoms with E-state index in [-0.39, 0.29) is 54.9 Å². The van der Waals surface area contributed by atoms with Crippen molar-refractivity contribution >= 4 is 51.8 Å². The van der Waals surface area contributed by atoms with Crippen LogP contribution in [0.5, 0.6) is 0 Å². The number of nitrogens with zero attached hydrogens (tertiary/aromatic N) is 4. The Labute approximate surface area is 221 Å². The lowest BCUT2D eigenvalue weighted by atomic mass is 10.2. The number of amides is 4. The molecule has 0 saturated carbocycles. The molecule has 4 amide bonds. The molecule has 0 aliphatic carbocycles. The van der Waals surface area contributed by atoms with E-state index in [1.54, 1.807) is 0 Å². The maximum absolute atomic E-state index is 15.1. The minimum Gasteiger partial charge on any atom is -0.476 e. The molecule has 2 aromatic rings. The molecule has 2 fully saturated rings. The zero-order chi connectivity index (χ0) is 28.3. The number of ether oxygens (including phenoxy) is 1. The number of alkyl halides is 2. The van der Waals surface area contributed by atoms with Crippen LogP contribution in [0, 0.1) is 11.6 Å². The molecule has 39 heavy (non-hydrogen) atoms. The minimum absolute atomic E-state index is 0.00586. The third kappa shape index (κ3) is 6.45. The summed E-state index contributed by atoms with van der Waals surface area (Å²) in [6.45, 7) is -0.392. The van der Waals surface area contributed by atoms with Crippen molar-refractivity contribution in [2.24, 2.45) is 0 Å². The number of hydrogen-bond acceptors (Lipinski definition) is 9. The number of carbonyl (C=O) groups is 4. The van der Waals surface area contributed by atoms with Crippen LogP contribution in [0.2, 0.25) is 0 Å². The normalized spacial score (nSPS) is 17.7. The van der Waals surface area contributed by atoms with Crippen molar-refractivity contribution in [3.8, 4) is 0 Å². The molecule has 4 N–H and O–H groups in total. The molecule has 1 atom stereocenters. The highest BCUT2D eigenvalue weighted by molar-refractivity contribution is 7.14. The molecule has 0 bridgehead atoms. The highest BCUT2D eigenvalue weighted by Crippen LogP contribution is 2.31. The van der Waals surface area contributed by atoms with Crippen LogP contribution >= 0.6 is 11.3 Å². The highest BCUT2D eigenvalue weighted by atomic mass is 32.1. The monoisotopic (exact) mass is 575 g/mol. The first-order chi connectivity index (χ1) is 18.5. The van der Waals surface area contributed by atoms with E-state index in [0.29, 0.717) is 0 Å². The van der Waals surface area contributed by atoms with Crippen LogP contribution < -0.4 is 25.9 Å². The van der Waals surface area contributed by atoms with E-state index < -0.39 is 54.7 Å². The summed E-state index contributed by atoms with van der Waals surface area (Å²) >= 11 is 0.920. The zero-order valence-corrected chi connectivity index (χ0v) is 20.6. The van der Waals surface area contributed by atoms with E-state index in [2.05, 4.69) is 15.7 Å². The number of anilines is 3. The van der Waals surface area contributed by atoms with Gasteiger partial charge in [0.1, 0.15) is 11.8 Å². The lowest BCUT2D eigenvalue weighted by Gasteiger charge is -2.25. The summed E-state index contributed by atoms with van der Waals surface area (Å²) in [4.78, 5) is 52.7. The van der Waals surface area contributed by atoms with Gasteiger partial charge in [-0.15, -0.1) is 11.3 Å². The molecule has 0 radical (unpaired) electrons.